The standard InChI is InChI=1S/C15H22N8/c1-5-7-16-13-12-14(23(9-17-12)10(2)3)21-15(20-13)19-11-6-8-18-22(11)4/h6,8-10H,5,7H2,1-4H3,(H2,16,19,20,21). The predicted octanol–water partition coefficient (Wildman–Crippen LogP) is 2.71. The van der Waals surface area contributed by atoms with E-state index in [0.29, 0.717) is 5.95 Å². The van der Waals surface area contributed by atoms with Gasteiger partial charge in [0.15, 0.2) is 17.0 Å². The molecule has 0 atom stereocenters. The number of aromatic nitrogens is 6. The molecule has 0 spiro atoms. The van der Waals surface area contributed by atoms with Gasteiger partial charge in [-0.2, -0.15) is 15.1 Å². The molecule has 3 heterocycles. The van der Waals surface area contributed by atoms with Crippen molar-refractivity contribution in [1.82, 2.24) is 29.3 Å². The van der Waals surface area contributed by atoms with Gasteiger partial charge >= 0.3 is 0 Å². The minimum Gasteiger partial charge on any atom is -0.368 e. The third-order valence-corrected chi connectivity index (χ3v) is 3.58. The molecule has 0 saturated heterocycles. The number of hydrogen-bond donors (Lipinski definition) is 2. The third kappa shape index (κ3) is 2.96. The van der Waals surface area contributed by atoms with Crippen molar-refractivity contribution >= 4 is 28.7 Å². The van der Waals surface area contributed by atoms with Gasteiger partial charge in [0, 0.05) is 25.7 Å². The summed E-state index contributed by atoms with van der Waals surface area (Å²) in [5.74, 6) is 2.12. The van der Waals surface area contributed by atoms with E-state index in [1.807, 2.05) is 24.0 Å². The Morgan fingerprint density at radius 3 is 2.74 bits per heavy atom. The van der Waals surface area contributed by atoms with Crippen LogP contribution in [-0.2, 0) is 7.05 Å². The molecule has 0 aliphatic heterocycles. The van der Waals surface area contributed by atoms with Crippen LogP contribution in [0.5, 0.6) is 0 Å². The van der Waals surface area contributed by atoms with Crippen molar-refractivity contribution < 1.29 is 0 Å². The minimum atomic E-state index is 0.276. The van der Waals surface area contributed by atoms with Gasteiger partial charge in [-0.3, -0.25) is 4.68 Å². The molecule has 8 nitrogen and oxygen atoms in total. The first-order valence-corrected chi connectivity index (χ1v) is 7.83. The molecule has 23 heavy (non-hydrogen) atoms. The zero-order chi connectivity index (χ0) is 16.4. The lowest BCUT2D eigenvalue weighted by Crippen LogP contribution is -2.09. The average Bonchev–Trinajstić information content (AvgIpc) is 3.11. The zero-order valence-corrected chi connectivity index (χ0v) is 13.9. The summed E-state index contributed by atoms with van der Waals surface area (Å²) in [5, 5.41) is 10.7. The topological polar surface area (TPSA) is 85.5 Å². The second-order valence-corrected chi connectivity index (χ2v) is 5.71. The number of fused-ring (bicyclic) bond motifs is 1. The summed E-state index contributed by atoms with van der Waals surface area (Å²) in [7, 11) is 1.87. The lowest BCUT2D eigenvalue weighted by molar-refractivity contribution is 0.613. The predicted molar refractivity (Wildman–Crippen MR) is 91.0 cm³/mol. The maximum atomic E-state index is 4.64. The van der Waals surface area contributed by atoms with Crippen LogP contribution in [0.15, 0.2) is 18.6 Å². The Hall–Kier alpha value is -2.64. The number of nitrogens with one attached hydrogen (secondary N) is 2. The van der Waals surface area contributed by atoms with Crippen LogP contribution in [0.4, 0.5) is 17.6 Å². The normalized spacial score (nSPS) is 11.3. The number of rotatable bonds is 6. The monoisotopic (exact) mass is 314 g/mol. The summed E-state index contributed by atoms with van der Waals surface area (Å²) >= 11 is 0. The Balaban J connectivity index is 2.06. The van der Waals surface area contributed by atoms with Gasteiger partial charge in [0.25, 0.3) is 0 Å². The highest BCUT2D eigenvalue weighted by Gasteiger charge is 2.15. The quantitative estimate of drug-likeness (QED) is 0.727. The molecule has 0 aliphatic carbocycles. The van der Waals surface area contributed by atoms with E-state index >= 15 is 0 Å². The molecule has 3 aromatic heterocycles. The highest BCUT2D eigenvalue weighted by molar-refractivity contribution is 5.84. The smallest absolute Gasteiger partial charge is 0.232 e. The van der Waals surface area contributed by atoms with Crippen LogP contribution in [0.1, 0.15) is 33.2 Å². The van der Waals surface area contributed by atoms with E-state index < -0.39 is 0 Å². The van der Waals surface area contributed by atoms with Crippen LogP contribution in [-0.4, -0.2) is 35.8 Å². The van der Waals surface area contributed by atoms with Crippen LogP contribution in [0.3, 0.4) is 0 Å². The molecular weight excluding hydrogens is 292 g/mol. The van der Waals surface area contributed by atoms with E-state index in [-0.39, 0.29) is 6.04 Å². The van der Waals surface area contributed by atoms with Crippen LogP contribution in [0, 0.1) is 0 Å². The first-order valence-electron chi connectivity index (χ1n) is 7.83. The molecule has 0 aliphatic rings. The molecule has 3 aromatic rings. The van der Waals surface area contributed by atoms with E-state index in [4.69, 9.17) is 0 Å². The van der Waals surface area contributed by atoms with Gasteiger partial charge in [0.2, 0.25) is 5.95 Å². The molecule has 0 bridgehead atoms. The fourth-order valence-electron chi connectivity index (χ4n) is 2.33. The van der Waals surface area contributed by atoms with Crippen molar-refractivity contribution in [2.24, 2.45) is 7.05 Å². The molecule has 0 saturated carbocycles. The molecule has 0 amide bonds. The molecular formula is C15H22N8. The molecule has 0 radical (unpaired) electrons. The summed E-state index contributed by atoms with van der Waals surface area (Å²) in [6, 6.07) is 2.16. The number of imidazole rings is 1. The Labute approximate surface area is 135 Å². The molecule has 3 rings (SSSR count). The largest absolute Gasteiger partial charge is 0.368 e. The Morgan fingerprint density at radius 2 is 2.09 bits per heavy atom. The van der Waals surface area contributed by atoms with Gasteiger partial charge in [0.1, 0.15) is 5.82 Å². The second-order valence-electron chi connectivity index (χ2n) is 5.71. The lowest BCUT2D eigenvalue weighted by atomic mass is 10.4. The van der Waals surface area contributed by atoms with E-state index in [9.17, 15) is 0 Å². The van der Waals surface area contributed by atoms with Crippen LogP contribution >= 0.6 is 0 Å². The van der Waals surface area contributed by atoms with Crippen LogP contribution in [0.25, 0.3) is 11.2 Å². The van der Waals surface area contributed by atoms with E-state index in [1.165, 1.54) is 0 Å². The molecule has 2 N–H and O–H groups in total. The Morgan fingerprint density at radius 1 is 1.26 bits per heavy atom. The maximum Gasteiger partial charge on any atom is 0.232 e. The van der Waals surface area contributed by atoms with E-state index in [1.54, 1.807) is 10.9 Å². The molecule has 8 heteroatoms. The van der Waals surface area contributed by atoms with Crippen LogP contribution in [0.2, 0.25) is 0 Å². The highest BCUT2D eigenvalue weighted by atomic mass is 15.3. The SMILES string of the molecule is CCCNc1nc(Nc2ccnn2C)nc2c1ncn2C(C)C. The summed E-state index contributed by atoms with van der Waals surface area (Å²) in [6.07, 6.45) is 4.56. The summed E-state index contributed by atoms with van der Waals surface area (Å²) in [4.78, 5) is 13.7. The fourth-order valence-corrected chi connectivity index (χ4v) is 2.33. The van der Waals surface area contributed by atoms with Gasteiger partial charge in [0.05, 0.1) is 12.5 Å². The Kier molecular flexibility index (Phi) is 4.14. The van der Waals surface area contributed by atoms with Gasteiger partial charge in [-0.15, -0.1) is 0 Å². The maximum absolute atomic E-state index is 4.64. The molecule has 0 aromatic carbocycles. The number of aryl methyl sites for hydroxylation is 1. The van der Waals surface area contributed by atoms with E-state index in [2.05, 4.69) is 51.5 Å². The summed E-state index contributed by atoms with van der Waals surface area (Å²) in [5.41, 5.74) is 1.61. The van der Waals surface area contributed by atoms with Crippen molar-refractivity contribution in [1.29, 1.82) is 0 Å². The van der Waals surface area contributed by atoms with Crippen molar-refractivity contribution in [3.8, 4) is 0 Å². The van der Waals surface area contributed by atoms with Crippen molar-refractivity contribution in [2.75, 3.05) is 17.2 Å². The van der Waals surface area contributed by atoms with E-state index in [0.717, 1.165) is 35.8 Å². The van der Waals surface area contributed by atoms with Gasteiger partial charge < -0.3 is 15.2 Å². The van der Waals surface area contributed by atoms with Crippen molar-refractivity contribution in [3.63, 3.8) is 0 Å². The average molecular weight is 314 g/mol. The third-order valence-electron chi connectivity index (χ3n) is 3.58. The molecule has 0 unspecified atom stereocenters. The highest BCUT2D eigenvalue weighted by Crippen LogP contribution is 2.24. The van der Waals surface area contributed by atoms with Gasteiger partial charge in [-0.1, -0.05) is 6.92 Å². The second kappa shape index (κ2) is 6.23. The zero-order valence-electron chi connectivity index (χ0n) is 13.9. The summed E-state index contributed by atoms with van der Waals surface area (Å²) < 4.78 is 3.79. The van der Waals surface area contributed by atoms with Gasteiger partial charge in [-0.05, 0) is 20.3 Å². The minimum absolute atomic E-state index is 0.276. The Bertz CT molecular complexity index is 801. The number of nitrogens with zero attached hydrogens (tertiary/aromatic N) is 6. The first-order chi connectivity index (χ1) is 11.1. The number of hydrogen-bond acceptors (Lipinski definition) is 6. The fraction of sp³-hybridized carbons (Fsp3) is 0.467. The number of anilines is 3. The molecule has 122 valence electrons. The van der Waals surface area contributed by atoms with Crippen molar-refractivity contribution in [2.45, 2.75) is 33.2 Å². The van der Waals surface area contributed by atoms with Crippen LogP contribution < -0.4 is 10.6 Å². The first kappa shape index (κ1) is 15.3. The lowest BCUT2D eigenvalue weighted by Gasteiger charge is -2.11. The van der Waals surface area contributed by atoms with Gasteiger partial charge in [-0.25, -0.2) is 4.98 Å². The van der Waals surface area contributed by atoms with Crippen molar-refractivity contribution in [3.05, 3.63) is 18.6 Å². The summed E-state index contributed by atoms with van der Waals surface area (Å²) in [6.45, 7) is 7.17. The molecule has 0 fully saturated rings.